The number of nitrogens with two attached hydrogens (primary N) is 1. The molecule has 0 amide bonds. The third-order valence-corrected chi connectivity index (χ3v) is 2.56. The molecular weight excluding hydrogens is 223 g/mol. The number of thioether (sulfide) groups is 1. The maximum absolute atomic E-state index is 13.3. The van der Waals surface area contributed by atoms with Gasteiger partial charge in [0.05, 0.1) is 4.90 Å². The van der Waals surface area contributed by atoms with Crippen LogP contribution in [0, 0.1) is 17.5 Å². The summed E-state index contributed by atoms with van der Waals surface area (Å²) in [6.45, 7) is 0.187. The van der Waals surface area contributed by atoms with E-state index in [-0.39, 0.29) is 17.0 Å². The Morgan fingerprint density at radius 3 is 2.53 bits per heavy atom. The molecule has 15 heavy (non-hydrogen) atoms. The average molecular weight is 233 g/mol. The fourth-order valence-electron chi connectivity index (χ4n) is 1.10. The van der Waals surface area contributed by atoms with Crippen molar-refractivity contribution in [3.63, 3.8) is 0 Å². The highest BCUT2D eigenvalue weighted by Gasteiger charge is 2.16. The van der Waals surface area contributed by atoms with E-state index >= 15 is 0 Å². The average Bonchev–Trinajstić information content (AvgIpc) is 2.22. The summed E-state index contributed by atoms with van der Waals surface area (Å²) in [7, 11) is 0. The highest BCUT2D eigenvalue weighted by Crippen LogP contribution is 2.27. The lowest BCUT2D eigenvalue weighted by molar-refractivity contribution is 0.466. The lowest BCUT2D eigenvalue weighted by atomic mass is 10.2. The van der Waals surface area contributed by atoms with Crippen molar-refractivity contribution in [1.82, 2.24) is 0 Å². The van der Waals surface area contributed by atoms with Gasteiger partial charge in [0.2, 0.25) is 0 Å². The van der Waals surface area contributed by atoms with E-state index in [1.54, 1.807) is 0 Å². The zero-order valence-corrected chi connectivity index (χ0v) is 8.88. The van der Waals surface area contributed by atoms with Gasteiger partial charge in [0.15, 0.2) is 11.6 Å². The molecule has 0 atom stereocenters. The van der Waals surface area contributed by atoms with Crippen molar-refractivity contribution in [2.75, 3.05) is 12.8 Å². The Labute approximate surface area is 90.2 Å². The molecule has 0 radical (unpaired) electrons. The smallest absolute Gasteiger partial charge is 0.175 e. The van der Waals surface area contributed by atoms with E-state index in [0.29, 0.717) is 0 Å². The van der Waals surface area contributed by atoms with Gasteiger partial charge in [-0.25, -0.2) is 13.2 Å². The molecule has 0 bridgehead atoms. The molecule has 1 aromatic carbocycles. The third kappa shape index (κ3) is 2.54. The Kier molecular flexibility index (Phi) is 4.23. The molecule has 0 fully saturated rings. The van der Waals surface area contributed by atoms with Gasteiger partial charge in [-0.3, -0.25) is 0 Å². The van der Waals surface area contributed by atoms with Crippen molar-refractivity contribution in [3.05, 3.63) is 35.2 Å². The minimum Gasteiger partial charge on any atom is -0.327 e. The van der Waals surface area contributed by atoms with E-state index in [2.05, 4.69) is 0 Å². The van der Waals surface area contributed by atoms with Crippen LogP contribution in [0.4, 0.5) is 13.2 Å². The standard InChI is InChI=1S/C10H10F3NS/c1-15-10-7(11)5-6(3-2-4-14)8(12)9(10)13/h2-3,5H,4,14H2,1H3/b3-2+. The summed E-state index contributed by atoms with van der Waals surface area (Å²) in [6, 6.07) is 0.955. The van der Waals surface area contributed by atoms with Crippen LogP contribution in [0.1, 0.15) is 5.56 Å². The monoisotopic (exact) mass is 233 g/mol. The fourth-order valence-corrected chi connectivity index (χ4v) is 1.62. The largest absolute Gasteiger partial charge is 0.327 e. The topological polar surface area (TPSA) is 26.0 Å². The van der Waals surface area contributed by atoms with Crippen molar-refractivity contribution in [1.29, 1.82) is 0 Å². The van der Waals surface area contributed by atoms with Gasteiger partial charge in [0.1, 0.15) is 5.82 Å². The molecule has 0 heterocycles. The van der Waals surface area contributed by atoms with Crippen molar-refractivity contribution in [3.8, 4) is 0 Å². The number of benzene rings is 1. The quantitative estimate of drug-likeness (QED) is 0.641. The van der Waals surface area contributed by atoms with Gasteiger partial charge in [0, 0.05) is 12.1 Å². The molecule has 1 aromatic rings. The third-order valence-electron chi connectivity index (χ3n) is 1.78. The Balaban J connectivity index is 3.27. The molecule has 0 spiro atoms. The van der Waals surface area contributed by atoms with Crippen LogP contribution in [0.2, 0.25) is 0 Å². The van der Waals surface area contributed by atoms with Crippen molar-refractivity contribution in [2.45, 2.75) is 4.90 Å². The fraction of sp³-hybridized carbons (Fsp3) is 0.200. The van der Waals surface area contributed by atoms with Crippen LogP contribution < -0.4 is 5.73 Å². The molecule has 82 valence electrons. The van der Waals surface area contributed by atoms with E-state index in [9.17, 15) is 13.2 Å². The molecule has 0 aliphatic rings. The summed E-state index contributed by atoms with van der Waals surface area (Å²) < 4.78 is 39.8. The van der Waals surface area contributed by atoms with Gasteiger partial charge < -0.3 is 5.73 Å². The second-order valence-electron chi connectivity index (χ2n) is 2.75. The van der Waals surface area contributed by atoms with Crippen LogP contribution in [0.5, 0.6) is 0 Å². The Morgan fingerprint density at radius 1 is 1.33 bits per heavy atom. The SMILES string of the molecule is CSc1c(F)cc(/C=C/CN)c(F)c1F. The molecule has 0 aliphatic heterocycles. The second-order valence-corrected chi connectivity index (χ2v) is 3.56. The first-order valence-electron chi connectivity index (χ1n) is 4.20. The first-order valence-corrected chi connectivity index (χ1v) is 5.42. The molecule has 1 nitrogen and oxygen atoms in total. The van der Waals surface area contributed by atoms with Gasteiger partial charge >= 0.3 is 0 Å². The second kappa shape index (κ2) is 5.23. The van der Waals surface area contributed by atoms with Crippen LogP contribution in [0.25, 0.3) is 6.08 Å². The molecule has 5 heteroatoms. The highest BCUT2D eigenvalue weighted by atomic mass is 32.2. The summed E-state index contributed by atoms with van der Waals surface area (Å²) in [4.78, 5) is -0.308. The molecule has 0 saturated carbocycles. The van der Waals surface area contributed by atoms with Gasteiger partial charge in [-0.2, -0.15) is 0 Å². The number of hydrogen-bond donors (Lipinski definition) is 1. The van der Waals surface area contributed by atoms with Crippen LogP contribution >= 0.6 is 11.8 Å². The Morgan fingerprint density at radius 2 is 2.00 bits per heavy atom. The van der Waals surface area contributed by atoms with E-state index in [1.807, 2.05) is 0 Å². The first-order chi connectivity index (χ1) is 7.11. The normalized spacial score (nSPS) is 11.3. The van der Waals surface area contributed by atoms with Crippen LogP contribution in [-0.4, -0.2) is 12.8 Å². The Bertz CT molecular complexity index is 391. The summed E-state index contributed by atoms with van der Waals surface area (Å²) in [5.41, 5.74) is 5.03. The molecule has 0 saturated heterocycles. The summed E-state index contributed by atoms with van der Waals surface area (Å²) >= 11 is 0.830. The van der Waals surface area contributed by atoms with Crippen LogP contribution in [0.3, 0.4) is 0 Å². The number of hydrogen-bond acceptors (Lipinski definition) is 2. The maximum atomic E-state index is 13.3. The molecular formula is C10H10F3NS. The lowest BCUT2D eigenvalue weighted by Gasteiger charge is -2.05. The van der Waals surface area contributed by atoms with E-state index < -0.39 is 17.5 Å². The van der Waals surface area contributed by atoms with Crippen molar-refractivity contribution in [2.24, 2.45) is 5.73 Å². The van der Waals surface area contributed by atoms with E-state index in [0.717, 1.165) is 17.8 Å². The minimum absolute atomic E-state index is 0.131. The molecule has 2 N–H and O–H groups in total. The molecule has 1 rings (SSSR count). The first kappa shape index (κ1) is 12.1. The lowest BCUT2D eigenvalue weighted by Crippen LogP contribution is -1.97. The van der Waals surface area contributed by atoms with E-state index in [4.69, 9.17) is 5.73 Å². The van der Waals surface area contributed by atoms with E-state index in [1.165, 1.54) is 18.4 Å². The number of halogens is 3. The highest BCUT2D eigenvalue weighted by molar-refractivity contribution is 7.98. The molecule has 0 unspecified atom stereocenters. The molecule has 0 aromatic heterocycles. The predicted octanol–water partition coefficient (Wildman–Crippen LogP) is 2.80. The summed E-state index contributed by atoms with van der Waals surface area (Å²) in [5.74, 6) is -2.97. The van der Waals surface area contributed by atoms with Crippen molar-refractivity contribution >= 4 is 17.8 Å². The van der Waals surface area contributed by atoms with Crippen molar-refractivity contribution < 1.29 is 13.2 Å². The zero-order chi connectivity index (χ0) is 11.4. The Hall–Kier alpha value is -0.940. The van der Waals surface area contributed by atoms with Gasteiger partial charge in [-0.05, 0) is 12.3 Å². The zero-order valence-electron chi connectivity index (χ0n) is 8.06. The molecule has 0 aliphatic carbocycles. The summed E-state index contributed by atoms with van der Waals surface area (Å²) in [6.07, 6.45) is 4.16. The predicted molar refractivity (Wildman–Crippen MR) is 56.2 cm³/mol. The maximum Gasteiger partial charge on any atom is 0.175 e. The minimum atomic E-state index is -1.15. The number of rotatable bonds is 3. The van der Waals surface area contributed by atoms with Crippen LogP contribution in [-0.2, 0) is 0 Å². The van der Waals surface area contributed by atoms with Crippen LogP contribution in [0.15, 0.2) is 17.0 Å². The summed E-state index contributed by atoms with van der Waals surface area (Å²) in [5, 5.41) is 0. The van der Waals surface area contributed by atoms with Gasteiger partial charge in [-0.15, -0.1) is 11.8 Å². The van der Waals surface area contributed by atoms with Gasteiger partial charge in [0.25, 0.3) is 0 Å². The van der Waals surface area contributed by atoms with Gasteiger partial charge in [-0.1, -0.05) is 12.2 Å².